The molecular formula is C41H51N3O7. The summed E-state index contributed by atoms with van der Waals surface area (Å²) in [6, 6.07) is 13.5. The van der Waals surface area contributed by atoms with Crippen LogP contribution >= 0.6 is 0 Å². The third-order valence-electron chi connectivity index (χ3n) is 13.3. The van der Waals surface area contributed by atoms with Crippen molar-refractivity contribution in [3.63, 3.8) is 0 Å². The van der Waals surface area contributed by atoms with E-state index < -0.39 is 28.0 Å². The molecule has 272 valence electrons. The molecule has 51 heavy (non-hydrogen) atoms. The maximum absolute atomic E-state index is 13.7. The zero-order chi connectivity index (χ0) is 36.7. The number of hydrogen-bond acceptors (Lipinski definition) is 9. The van der Waals surface area contributed by atoms with Gasteiger partial charge in [0.15, 0.2) is 5.78 Å². The average Bonchev–Trinajstić information content (AvgIpc) is 3.49. The van der Waals surface area contributed by atoms with Crippen molar-refractivity contribution in [2.75, 3.05) is 37.6 Å². The van der Waals surface area contributed by atoms with Gasteiger partial charge in [0, 0.05) is 72.7 Å². The van der Waals surface area contributed by atoms with E-state index in [0.717, 1.165) is 24.9 Å². The van der Waals surface area contributed by atoms with Crippen LogP contribution in [0.2, 0.25) is 0 Å². The van der Waals surface area contributed by atoms with Crippen molar-refractivity contribution < 1.29 is 29.2 Å². The van der Waals surface area contributed by atoms with Crippen molar-refractivity contribution in [3.8, 4) is 0 Å². The summed E-state index contributed by atoms with van der Waals surface area (Å²) < 4.78 is 6.46. The van der Waals surface area contributed by atoms with Crippen LogP contribution in [0.4, 0.5) is 11.4 Å². The number of rotatable bonds is 9. The zero-order valence-electron chi connectivity index (χ0n) is 30.3. The molecule has 2 bridgehead atoms. The fourth-order valence-electron chi connectivity index (χ4n) is 9.86. The predicted octanol–water partition coefficient (Wildman–Crippen LogP) is 6.52. The highest BCUT2D eigenvalue weighted by atomic mass is 16.6. The van der Waals surface area contributed by atoms with Gasteiger partial charge >= 0.3 is 5.97 Å². The van der Waals surface area contributed by atoms with Gasteiger partial charge in [-0.1, -0.05) is 39.8 Å². The number of nitro groups is 1. The fraction of sp³-hybridized carbons (Fsp3) is 0.537. The molecule has 8 atom stereocenters. The Hall–Kier alpha value is -4.15. The summed E-state index contributed by atoms with van der Waals surface area (Å²) in [5.74, 6) is -0.351. The molecule has 0 radical (unpaired) electrons. The van der Waals surface area contributed by atoms with E-state index in [1.807, 2.05) is 25.1 Å². The Morgan fingerprint density at radius 2 is 1.71 bits per heavy atom. The molecule has 0 spiro atoms. The number of carbonyl (C=O) groups is 3. The number of aliphatic hydroxyl groups excluding tert-OH is 1. The number of non-ortho nitro benzene ring substituents is 1. The number of nitrogens with zero attached hydrogens (tertiary/aromatic N) is 3. The highest BCUT2D eigenvalue weighted by Gasteiger charge is 2.68. The Balaban J connectivity index is 1.08. The van der Waals surface area contributed by atoms with Gasteiger partial charge in [0.1, 0.15) is 11.9 Å². The number of ketones is 2. The van der Waals surface area contributed by atoms with Crippen LogP contribution in [0.5, 0.6) is 0 Å². The molecule has 4 aliphatic rings. The molecule has 6 rings (SSSR count). The van der Waals surface area contributed by atoms with Crippen LogP contribution in [0.15, 0.2) is 67.3 Å². The molecule has 3 aliphatic carbocycles. The number of anilines is 1. The third kappa shape index (κ3) is 6.68. The first-order valence-corrected chi connectivity index (χ1v) is 18.3. The molecule has 1 N–H and O–H groups in total. The van der Waals surface area contributed by atoms with E-state index in [4.69, 9.17) is 4.74 Å². The van der Waals surface area contributed by atoms with Crippen molar-refractivity contribution >= 4 is 35.0 Å². The Morgan fingerprint density at radius 1 is 1.04 bits per heavy atom. The van der Waals surface area contributed by atoms with Crippen LogP contribution in [0.3, 0.4) is 0 Å². The van der Waals surface area contributed by atoms with Gasteiger partial charge in [0.2, 0.25) is 0 Å². The van der Waals surface area contributed by atoms with Gasteiger partial charge in [-0.2, -0.15) is 0 Å². The number of esters is 1. The Morgan fingerprint density at radius 3 is 2.33 bits per heavy atom. The molecule has 1 heterocycles. The third-order valence-corrected chi connectivity index (χ3v) is 13.3. The standard InChI is InChI=1S/C41H51N3O7/c1-6-39(4)25-35(40(5)27(2)17-19-41(28(3)38(39)48)20-18-34(46)37(40)41)51-36(47)26-42-21-23-43(24-22-42)31-14-10-30(11-15-31)33(45)16-9-29-7-12-32(13-8-29)44(49)50/h6-16,27-28,35,37-38,48H,1,17-26H2,2-5H3/b16-9+/t27-,28+,35-,37+,38+,39-,40+,41+/m1/s1. The molecule has 0 unspecified atom stereocenters. The number of benzene rings is 2. The number of piperazine rings is 1. The average molecular weight is 698 g/mol. The minimum atomic E-state index is -0.693. The van der Waals surface area contributed by atoms with E-state index in [-0.39, 0.29) is 52.9 Å². The number of aliphatic hydroxyl groups is 1. The Kier molecular flexibility index (Phi) is 10.1. The summed E-state index contributed by atoms with van der Waals surface area (Å²) in [4.78, 5) is 54.9. The van der Waals surface area contributed by atoms with Crippen molar-refractivity contribution in [1.29, 1.82) is 0 Å². The monoisotopic (exact) mass is 697 g/mol. The molecule has 4 fully saturated rings. The second-order valence-corrected chi connectivity index (χ2v) is 15.9. The molecule has 3 saturated carbocycles. The number of ether oxygens (including phenoxy) is 1. The first-order valence-electron chi connectivity index (χ1n) is 18.3. The second-order valence-electron chi connectivity index (χ2n) is 15.9. The van der Waals surface area contributed by atoms with Crippen LogP contribution in [-0.4, -0.2) is 77.4 Å². The van der Waals surface area contributed by atoms with Crippen LogP contribution in [-0.2, 0) is 14.3 Å². The lowest BCUT2D eigenvalue weighted by Gasteiger charge is -2.61. The molecule has 0 aromatic heterocycles. The summed E-state index contributed by atoms with van der Waals surface area (Å²) in [5.41, 5.74) is 0.723. The number of allylic oxidation sites excluding steroid dienone is 1. The molecule has 10 nitrogen and oxygen atoms in total. The quantitative estimate of drug-likeness (QED) is 0.0778. The largest absolute Gasteiger partial charge is 0.461 e. The normalized spacial score (nSPS) is 34.0. The van der Waals surface area contributed by atoms with Crippen molar-refractivity contribution in [3.05, 3.63) is 88.5 Å². The van der Waals surface area contributed by atoms with Gasteiger partial charge in [-0.25, -0.2) is 0 Å². The van der Waals surface area contributed by atoms with Gasteiger partial charge in [0.25, 0.3) is 5.69 Å². The minimum absolute atomic E-state index is 0.000894. The van der Waals surface area contributed by atoms with Gasteiger partial charge in [-0.15, -0.1) is 6.58 Å². The highest BCUT2D eigenvalue weighted by molar-refractivity contribution is 6.07. The number of nitro benzene ring substituents is 1. The van der Waals surface area contributed by atoms with E-state index in [2.05, 4.69) is 37.1 Å². The highest BCUT2D eigenvalue weighted by Crippen LogP contribution is 2.68. The topological polar surface area (TPSA) is 130 Å². The summed E-state index contributed by atoms with van der Waals surface area (Å²) >= 11 is 0. The van der Waals surface area contributed by atoms with Crippen LogP contribution < -0.4 is 4.90 Å². The summed E-state index contributed by atoms with van der Waals surface area (Å²) in [5, 5.41) is 22.6. The Labute approximate surface area is 300 Å². The van der Waals surface area contributed by atoms with Crippen molar-refractivity contribution in [1.82, 2.24) is 4.90 Å². The van der Waals surface area contributed by atoms with Gasteiger partial charge in [-0.3, -0.25) is 29.4 Å². The van der Waals surface area contributed by atoms with Crippen molar-refractivity contribution in [2.45, 2.75) is 72.0 Å². The molecule has 1 saturated heterocycles. The van der Waals surface area contributed by atoms with E-state index in [1.54, 1.807) is 30.3 Å². The first-order chi connectivity index (χ1) is 24.2. The van der Waals surface area contributed by atoms with Crippen LogP contribution in [0, 0.1) is 44.1 Å². The van der Waals surface area contributed by atoms with Crippen molar-refractivity contribution in [2.24, 2.45) is 34.0 Å². The summed E-state index contributed by atoms with van der Waals surface area (Å²) in [6.45, 7) is 15.5. The molecule has 2 aromatic rings. The molecule has 0 amide bonds. The van der Waals surface area contributed by atoms with Crippen LogP contribution in [0.25, 0.3) is 6.08 Å². The Bertz CT molecular complexity index is 1700. The molecule has 10 heteroatoms. The lowest BCUT2D eigenvalue weighted by molar-refractivity contribution is -0.384. The lowest BCUT2D eigenvalue weighted by atomic mass is 9.44. The number of carbonyl (C=O) groups excluding carboxylic acids is 3. The summed E-state index contributed by atoms with van der Waals surface area (Å²) in [7, 11) is 0. The molecule has 1 aliphatic heterocycles. The number of hydrogen-bond donors (Lipinski definition) is 1. The zero-order valence-corrected chi connectivity index (χ0v) is 30.3. The maximum Gasteiger partial charge on any atom is 0.320 e. The molecule has 2 aromatic carbocycles. The van der Waals surface area contributed by atoms with Gasteiger partial charge in [-0.05, 0) is 91.0 Å². The van der Waals surface area contributed by atoms with E-state index in [0.29, 0.717) is 50.1 Å². The lowest BCUT2D eigenvalue weighted by Crippen LogP contribution is -2.63. The predicted molar refractivity (Wildman–Crippen MR) is 196 cm³/mol. The van der Waals surface area contributed by atoms with E-state index >= 15 is 0 Å². The SMILES string of the molecule is C=C[C@]1(C)C[C@@H](OC(=O)CN2CCN(c3ccc(C(=O)/C=C/c4ccc([N+](=O)[O-])cc4)cc3)CC2)[C@]2(C)[C@H](C)CC[C@]3(CCC(=O)[C@H]32)[C@@H](C)[C@@H]1O. The minimum Gasteiger partial charge on any atom is -0.461 e. The van der Waals surface area contributed by atoms with E-state index in [1.165, 1.54) is 18.2 Å². The fourth-order valence-corrected chi connectivity index (χ4v) is 9.86. The van der Waals surface area contributed by atoms with Gasteiger partial charge < -0.3 is 14.7 Å². The maximum atomic E-state index is 13.7. The van der Waals surface area contributed by atoms with Gasteiger partial charge in [0.05, 0.1) is 17.6 Å². The first kappa shape index (κ1) is 36.6. The van der Waals surface area contributed by atoms with E-state index in [9.17, 15) is 29.6 Å². The van der Waals surface area contributed by atoms with Crippen LogP contribution in [0.1, 0.15) is 75.7 Å². The number of Topliss-reactive ketones (excluding diaryl/α,β-unsaturated/α-hetero) is 1. The smallest absolute Gasteiger partial charge is 0.320 e. The molecular weight excluding hydrogens is 646 g/mol. The summed E-state index contributed by atoms with van der Waals surface area (Å²) in [6.07, 6.45) is 7.26. The second kappa shape index (κ2) is 14.1.